The van der Waals surface area contributed by atoms with Crippen LogP contribution in [0.2, 0.25) is 0 Å². The van der Waals surface area contributed by atoms with Crippen LogP contribution in [0.15, 0.2) is 48.8 Å². The van der Waals surface area contributed by atoms with Crippen molar-refractivity contribution in [3.05, 3.63) is 65.5 Å². The average Bonchev–Trinajstić information content (AvgIpc) is 2.73. The molecule has 33 heavy (non-hydrogen) atoms. The number of piperidine rings is 1. The normalized spacial score (nSPS) is 25.2. The van der Waals surface area contributed by atoms with Crippen LogP contribution >= 0.6 is 0 Å². The zero-order valence-corrected chi connectivity index (χ0v) is 20.1. The Balaban J connectivity index is 1.93. The van der Waals surface area contributed by atoms with E-state index in [0.717, 1.165) is 36.2 Å². The van der Waals surface area contributed by atoms with E-state index in [4.69, 9.17) is 5.73 Å². The first-order chi connectivity index (χ1) is 15.3. The van der Waals surface area contributed by atoms with E-state index >= 15 is 0 Å². The van der Waals surface area contributed by atoms with Crippen molar-refractivity contribution in [2.75, 3.05) is 6.54 Å². The predicted octanol–water partition coefficient (Wildman–Crippen LogP) is 4.29. The van der Waals surface area contributed by atoms with Gasteiger partial charge in [0, 0.05) is 42.6 Å². The van der Waals surface area contributed by atoms with Crippen LogP contribution in [-0.2, 0) is 19.3 Å². The summed E-state index contributed by atoms with van der Waals surface area (Å²) in [5.41, 5.74) is 6.89. The molecule has 0 saturated carbocycles. The Bertz CT molecular complexity index is 912. The number of hydrogen-bond acceptors (Lipinski definition) is 5. The maximum Gasteiger partial charge on any atom is 0.416 e. The monoisotopic (exact) mass is 463 g/mol. The number of nitrogens with one attached hydrogen (secondary N) is 2. The molecule has 0 radical (unpaired) electrons. The van der Waals surface area contributed by atoms with Gasteiger partial charge in [-0.25, -0.2) is 0 Å². The Morgan fingerprint density at radius 3 is 1.97 bits per heavy atom. The second-order valence-electron chi connectivity index (χ2n) is 9.99. The van der Waals surface area contributed by atoms with Crippen molar-refractivity contribution < 1.29 is 13.2 Å². The fraction of sp³-hybridized carbons (Fsp3) is 0.560. The first-order valence-corrected chi connectivity index (χ1v) is 11.4. The van der Waals surface area contributed by atoms with E-state index in [0.29, 0.717) is 13.1 Å². The first-order valence-electron chi connectivity index (χ1n) is 11.4. The van der Waals surface area contributed by atoms with E-state index in [1.807, 2.05) is 12.1 Å². The molecule has 5 nitrogen and oxygen atoms in total. The lowest BCUT2D eigenvalue weighted by atomic mass is 9.68. The number of nitrogens with zero attached hydrogens (tertiary/aromatic N) is 2. The van der Waals surface area contributed by atoms with Crippen LogP contribution in [0.25, 0.3) is 0 Å². The number of benzene rings is 1. The fourth-order valence-electron chi connectivity index (χ4n) is 5.60. The Morgan fingerprint density at radius 1 is 0.970 bits per heavy atom. The van der Waals surface area contributed by atoms with E-state index in [9.17, 15) is 13.2 Å². The number of nitrogens with two attached hydrogens (primary N) is 1. The van der Waals surface area contributed by atoms with E-state index in [1.165, 1.54) is 12.1 Å². The maximum atomic E-state index is 13.0. The van der Waals surface area contributed by atoms with Crippen LogP contribution in [0.3, 0.4) is 0 Å². The van der Waals surface area contributed by atoms with Crippen LogP contribution in [0.5, 0.6) is 0 Å². The highest BCUT2D eigenvalue weighted by molar-refractivity contribution is 5.26. The number of rotatable bonds is 7. The second kappa shape index (κ2) is 9.33. The minimum atomic E-state index is -4.35. The molecule has 182 valence electrons. The summed E-state index contributed by atoms with van der Waals surface area (Å²) in [6, 6.07) is 8.98. The molecule has 2 aromatic rings. The minimum absolute atomic E-state index is 0.102. The SMILES string of the molecule is CCN1C(C)(C)CC(N)C(NCc2ccncc2)(NCc2ccc(C(F)(F)F)cc2)C1(C)C. The van der Waals surface area contributed by atoms with Crippen molar-refractivity contribution in [1.29, 1.82) is 0 Å². The predicted molar refractivity (Wildman–Crippen MR) is 125 cm³/mol. The fourth-order valence-corrected chi connectivity index (χ4v) is 5.60. The van der Waals surface area contributed by atoms with Gasteiger partial charge in [-0.05, 0) is 76.1 Å². The van der Waals surface area contributed by atoms with E-state index in [-0.39, 0.29) is 11.6 Å². The van der Waals surface area contributed by atoms with Gasteiger partial charge in [-0.3, -0.25) is 20.5 Å². The summed E-state index contributed by atoms with van der Waals surface area (Å²) in [6.45, 7) is 12.7. The highest BCUT2D eigenvalue weighted by atomic mass is 19.4. The minimum Gasteiger partial charge on any atom is -0.325 e. The molecule has 8 heteroatoms. The van der Waals surface area contributed by atoms with Gasteiger partial charge in [0.25, 0.3) is 0 Å². The maximum absolute atomic E-state index is 13.0. The van der Waals surface area contributed by atoms with E-state index < -0.39 is 22.9 Å². The molecular formula is C25H36F3N5. The highest BCUT2D eigenvalue weighted by Gasteiger charge is 2.59. The van der Waals surface area contributed by atoms with Crippen molar-refractivity contribution in [2.24, 2.45) is 5.73 Å². The molecule has 0 spiro atoms. The molecule has 0 aliphatic carbocycles. The molecule has 4 N–H and O–H groups in total. The summed E-state index contributed by atoms with van der Waals surface area (Å²) in [6.07, 6.45) is -0.0761. The van der Waals surface area contributed by atoms with Crippen molar-refractivity contribution >= 4 is 0 Å². The number of aromatic nitrogens is 1. The van der Waals surface area contributed by atoms with Crippen molar-refractivity contribution in [1.82, 2.24) is 20.5 Å². The molecule has 2 unspecified atom stereocenters. The lowest BCUT2D eigenvalue weighted by Gasteiger charge is -2.65. The van der Waals surface area contributed by atoms with Gasteiger partial charge in [-0.15, -0.1) is 0 Å². The summed E-state index contributed by atoms with van der Waals surface area (Å²) in [4.78, 5) is 6.54. The molecule has 1 aromatic heterocycles. The molecule has 1 fully saturated rings. The molecule has 3 rings (SSSR count). The zero-order valence-electron chi connectivity index (χ0n) is 20.1. The molecule has 1 aliphatic heterocycles. The van der Waals surface area contributed by atoms with Gasteiger partial charge < -0.3 is 5.73 Å². The summed E-state index contributed by atoms with van der Waals surface area (Å²) in [5, 5.41) is 7.36. The van der Waals surface area contributed by atoms with Crippen LogP contribution in [0, 0.1) is 0 Å². The third kappa shape index (κ3) is 5.09. The van der Waals surface area contributed by atoms with Gasteiger partial charge in [-0.2, -0.15) is 13.2 Å². The molecule has 1 saturated heterocycles. The van der Waals surface area contributed by atoms with Crippen molar-refractivity contribution in [2.45, 2.75) is 83.1 Å². The van der Waals surface area contributed by atoms with Gasteiger partial charge in [0.1, 0.15) is 5.66 Å². The number of alkyl halides is 3. The second-order valence-corrected chi connectivity index (χ2v) is 9.99. The number of hydrogen-bond donors (Lipinski definition) is 3. The largest absolute Gasteiger partial charge is 0.416 e. The van der Waals surface area contributed by atoms with Gasteiger partial charge in [0.05, 0.1) is 5.56 Å². The average molecular weight is 464 g/mol. The van der Waals surface area contributed by atoms with Gasteiger partial charge >= 0.3 is 6.18 Å². The molecule has 1 aliphatic rings. The van der Waals surface area contributed by atoms with Gasteiger partial charge in [0.15, 0.2) is 0 Å². The topological polar surface area (TPSA) is 66.2 Å². The third-order valence-electron chi connectivity index (χ3n) is 7.14. The third-order valence-corrected chi connectivity index (χ3v) is 7.14. The molecule has 0 amide bonds. The van der Waals surface area contributed by atoms with Crippen molar-refractivity contribution in [3.63, 3.8) is 0 Å². The van der Waals surface area contributed by atoms with Crippen LogP contribution in [0.4, 0.5) is 13.2 Å². The van der Waals surface area contributed by atoms with Gasteiger partial charge in [-0.1, -0.05) is 19.1 Å². The van der Waals surface area contributed by atoms with E-state index in [2.05, 4.69) is 55.1 Å². The van der Waals surface area contributed by atoms with Crippen LogP contribution in [-0.4, -0.2) is 39.2 Å². The lowest BCUT2D eigenvalue weighted by Crippen LogP contribution is -2.85. The highest BCUT2D eigenvalue weighted by Crippen LogP contribution is 2.43. The quantitative estimate of drug-likeness (QED) is 0.535. The summed E-state index contributed by atoms with van der Waals surface area (Å²) >= 11 is 0. The number of halogens is 3. The molecule has 2 atom stereocenters. The summed E-state index contributed by atoms with van der Waals surface area (Å²) < 4.78 is 38.9. The zero-order chi connectivity index (χ0) is 24.5. The smallest absolute Gasteiger partial charge is 0.325 e. The molecular weight excluding hydrogens is 427 g/mol. The first kappa shape index (κ1) is 25.6. The van der Waals surface area contributed by atoms with E-state index in [1.54, 1.807) is 12.4 Å². The number of pyridine rings is 1. The molecule has 1 aromatic carbocycles. The number of likely N-dealkylation sites (tertiary alicyclic amines) is 1. The van der Waals surface area contributed by atoms with Crippen LogP contribution in [0.1, 0.15) is 57.7 Å². The summed E-state index contributed by atoms with van der Waals surface area (Å²) in [7, 11) is 0. The summed E-state index contributed by atoms with van der Waals surface area (Å²) in [5.74, 6) is 0. The Hall–Kier alpha value is -2.00. The van der Waals surface area contributed by atoms with Gasteiger partial charge in [0.2, 0.25) is 0 Å². The standard InChI is InChI=1S/C25H36F3N5/c1-6-33-22(2,3)15-21(29)24(23(33,4)5,32-17-19-11-13-30-14-12-19)31-16-18-7-9-20(10-8-18)25(26,27)28/h7-14,21,31-32H,6,15-17,29H2,1-5H3. The Kier molecular flexibility index (Phi) is 7.24. The molecule has 2 heterocycles. The Labute approximate surface area is 195 Å². The molecule has 0 bridgehead atoms. The van der Waals surface area contributed by atoms with Crippen LogP contribution < -0.4 is 16.4 Å². The Morgan fingerprint density at radius 2 is 1.48 bits per heavy atom. The lowest BCUT2D eigenvalue weighted by molar-refractivity contribution is -0.137. The number of likely N-dealkylation sites (N-methyl/N-ethyl adjacent to an activating group) is 1. The van der Waals surface area contributed by atoms with Crippen molar-refractivity contribution in [3.8, 4) is 0 Å².